The van der Waals surface area contributed by atoms with E-state index >= 15 is 0 Å². The van der Waals surface area contributed by atoms with E-state index in [-0.39, 0.29) is 0 Å². The zero-order valence-corrected chi connectivity index (χ0v) is 9.32. The fourth-order valence-corrected chi connectivity index (χ4v) is 1.54. The molecule has 0 bridgehead atoms. The lowest BCUT2D eigenvalue weighted by Gasteiger charge is -2.08. The van der Waals surface area contributed by atoms with Gasteiger partial charge < -0.3 is 5.32 Å². The van der Waals surface area contributed by atoms with Gasteiger partial charge in [-0.15, -0.1) is 0 Å². The number of guanidine groups is 1. The SMILES string of the molecule is NNC(=NCCC1CC1)Nc1ccccc1. The van der Waals surface area contributed by atoms with Crippen molar-refractivity contribution in [3.8, 4) is 0 Å². The van der Waals surface area contributed by atoms with Crippen LogP contribution in [-0.4, -0.2) is 12.5 Å². The maximum absolute atomic E-state index is 5.41. The van der Waals surface area contributed by atoms with Crippen molar-refractivity contribution in [3.05, 3.63) is 30.3 Å². The lowest BCUT2D eigenvalue weighted by atomic mass is 10.3. The van der Waals surface area contributed by atoms with Crippen LogP contribution in [0.4, 0.5) is 5.69 Å². The van der Waals surface area contributed by atoms with Crippen LogP contribution in [0.25, 0.3) is 0 Å². The molecule has 0 amide bonds. The highest BCUT2D eigenvalue weighted by atomic mass is 15.3. The first-order chi connectivity index (χ1) is 7.88. The molecule has 4 nitrogen and oxygen atoms in total. The normalized spacial score (nSPS) is 15.9. The van der Waals surface area contributed by atoms with E-state index in [0.29, 0.717) is 5.96 Å². The molecular weight excluding hydrogens is 200 g/mol. The van der Waals surface area contributed by atoms with Gasteiger partial charge in [0.1, 0.15) is 0 Å². The summed E-state index contributed by atoms with van der Waals surface area (Å²) < 4.78 is 0. The van der Waals surface area contributed by atoms with Gasteiger partial charge in [-0.05, 0) is 24.5 Å². The summed E-state index contributed by atoms with van der Waals surface area (Å²) >= 11 is 0. The Morgan fingerprint density at radius 2 is 2.06 bits per heavy atom. The molecule has 1 aromatic rings. The van der Waals surface area contributed by atoms with E-state index in [1.807, 2.05) is 30.3 Å². The van der Waals surface area contributed by atoms with Crippen LogP contribution in [0.3, 0.4) is 0 Å². The van der Waals surface area contributed by atoms with E-state index < -0.39 is 0 Å². The van der Waals surface area contributed by atoms with E-state index in [2.05, 4.69) is 15.7 Å². The predicted molar refractivity (Wildman–Crippen MR) is 67.0 cm³/mol. The molecule has 1 aromatic carbocycles. The number of para-hydroxylation sites is 1. The molecule has 1 aliphatic carbocycles. The highest BCUT2D eigenvalue weighted by molar-refractivity contribution is 5.93. The van der Waals surface area contributed by atoms with Crippen molar-refractivity contribution in [1.82, 2.24) is 5.43 Å². The average molecular weight is 218 g/mol. The third-order valence-electron chi connectivity index (χ3n) is 2.68. The van der Waals surface area contributed by atoms with Crippen molar-refractivity contribution in [2.45, 2.75) is 19.3 Å². The molecule has 0 saturated heterocycles. The van der Waals surface area contributed by atoms with Gasteiger partial charge in [0.05, 0.1) is 0 Å². The molecule has 1 aliphatic rings. The zero-order chi connectivity index (χ0) is 11.2. The summed E-state index contributed by atoms with van der Waals surface area (Å²) in [6, 6.07) is 9.88. The smallest absolute Gasteiger partial charge is 0.210 e. The molecule has 0 aliphatic heterocycles. The number of hydrazine groups is 1. The van der Waals surface area contributed by atoms with Gasteiger partial charge >= 0.3 is 0 Å². The Morgan fingerprint density at radius 3 is 2.69 bits per heavy atom. The number of aliphatic imine (C=N–C) groups is 1. The largest absolute Gasteiger partial charge is 0.325 e. The van der Waals surface area contributed by atoms with Gasteiger partial charge in [0.2, 0.25) is 5.96 Å². The molecule has 16 heavy (non-hydrogen) atoms. The van der Waals surface area contributed by atoms with Gasteiger partial charge in [0, 0.05) is 12.2 Å². The molecule has 0 unspecified atom stereocenters. The second-order valence-electron chi connectivity index (χ2n) is 4.10. The third-order valence-corrected chi connectivity index (χ3v) is 2.68. The quantitative estimate of drug-likeness (QED) is 0.312. The second kappa shape index (κ2) is 5.51. The first kappa shape index (κ1) is 11.0. The van der Waals surface area contributed by atoms with E-state index in [1.165, 1.54) is 19.3 Å². The minimum absolute atomic E-state index is 0.631. The standard InChI is InChI=1S/C12H18N4/c13-16-12(14-9-8-10-6-7-10)15-11-4-2-1-3-5-11/h1-5,10H,6-9,13H2,(H2,14,15,16). The lowest BCUT2D eigenvalue weighted by Crippen LogP contribution is -2.36. The van der Waals surface area contributed by atoms with Gasteiger partial charge in [-0.3, -0.25) is 10.4 Å². The zero-order valence-electron chi connectivity index (χ0n) is 9.32. The number of nitrogens with zero attached hydrogens (tertiary/aromatic N) is 1. The molecule has 1 saturated carbocycles. The first-order valence-electron chi connectivity index (χ1n) is 5.71. The van der Waals surface area contributed by atoms with Gasteiger partial charge in [-0.2, -0.15) is 0 Å². The fraction of sp³-hybridized carbons (Fsp3) is 0.417. The molecule has 0 aromatic heterocycles. The highest BCUT2D eigenvalue weighted by Gasteiger charge is 2.20. The summed E-state index contributed by atoms with van der Waals surface area (Å²) in [4.78, 5) is 4.39. The van der Waals surface area contributed by atoms with E-state index in [4.69, 9.17) is 5.84 Å². The molecule has 4 heteroatoms. The molecule has 0 atom stereocenters. The minimum atomic E-state index is 0.631. The van der Waals surface area contributed by atoms with Crippen molar-refractivity contribution in [1.29, 1.82) is 0 Å². The monoisotopic (exact) mass is 218 g/mol. The Balaban J connectivity index is 1.83. The molecule has 2 rings (SSSR count). The number of benzene rings is 1. The molecule has 0 radical (unpaired) electrons. The summed E-state index contributed by atoms with van der Waals surface area (Å²) in [5.41, 5.74) is 3.57. The molecular formula is C12H18N4. The molecule has 86 valence electrons. The lowest BCUT2D eigenvalue weighted by molar-refractivity contribution is 0.736. The number of hydrogen-bond acceptors (Lipinski definition) is 2. The maximum Gasteiger partial charge on any atom is 0.210 e. The highest BCUT2D eigenvalue weighted by Crippen LogP contribution is 2.32. The summed E-state index contributed by atoms with van der Waals surface area (Å²) in [5.74, 6) is 6.94. The Kier molecular flexibility index (Phi) is 3.77. The number of nitrogens with one attached hydrogen (secondary N) is 2. The van der Waals surface area contributed by atoms with Crippen molar-refractivity contribution in [2.75, 3.05) is 11.9 Å². The Hall–Kier alpha value is -1.55. The van der Waals surface area contributed by atoms with E-state index in [1.54, 1.807) is 0 Å². The van der Waals surface area contributed by atoms with Crippen LogP contribution in [-0.2, 0) is 0 Å². The number of anilines is 1. The Bertz CT molecular complexity index is 343. The van der Waals surface area contributed by atoms with Crippen molar-refractivity contribution >= 4 is 11.6 Å². The Morgan fingerprint density at radius 1 is 1.31 bits per heavy atom. The Labute approximate surface area is 95.9 Å². The predicted octanol–water partition coefficient (Wildman–Crippen LogP) is 1.72. The number of hydrogen-bond donors (Lipinski definition) is 3. The fourth-order valence-electron chi connectivity index (χ4n) is 1.54. The molecule has 1 fully saturated rings. The van der Waals surface area contributed by atoms with Gasteiger partial charge in [0.25, 0.3) is 0 Å². The van der Waals surface area contributed by atoms with Crippen LogP contribution in [0.1, 0.15) is 19.3 Å². The topological polar surface area (TPSA) is 62.4 Å². The van der Waals surface area contributed by atoms with Crippen LogP contribution in [0, 0.1) is 5.92 Å². The summed E-state index contributed by atoms with van der Waals surface area (Å²) in [6.07, 6.45) is 3.90. The molecule has 4 N–H and O–H groups in total. The van der Waals surface area contributed by atoms with Crippen molar-refractivity contribution in [2.24, 2.45) is 16.8 Å². The maximum atomic E-state index is 5.41. The van der Waals surface area contributed by atoms with Gasteiger partial charge in [-0.1, -0.05) is 31.0 Å². The van der Waals surface area contributed by atoms with Gasteiger partial charge in [0.15, 0.2) is 0 Å². The first-order valence-corrected chi connectivity index (χ1v) is 5.71. The minimum Gasteiger partial charge on any atom is -0.325 e. The molecule has 0 spiro atoms. The summed E-state index contributed by atoms with van der Waals surface area (Å²) in [5, 5.41) is 3.14. The van der Waals surface area contributed by atoms with Crippen LogP contribution in [0.15, 0.2) is 35.3 Å². The van der Waals surface area contributed by atoms with Crippen LogP contribution < -0.4 is 16.6 Å². The van der Waals surface area contributed by atoms with Crippen LogP contribution in [0.2, 0.25) is 0 Å². The summed E-state index contributed by atoms with van der Waals surface area (Å²) in [7, 11) is 0. The average Bonchev–Trinajstić information content (AvgIpc) is 3.13. The summed E-state index contributed by atoms with van der Waals surface area (Å²) in [6.45, 7) is 0.837. The van der Waals surface area contributed by atoms with Crippen molar-refractivity contribution in [3.63, 3.8) is 0 Å². The van der Waals surface area contributed by atoms with E-state index in [0.717, 1.165) is 18.2 Å². The molecule has 0 heterocycles. The van der Waals surface area contributed by atoms with Crippen molar-refractivity contribution < 1.29 is 0 Å². The van der Waals surface area contributed by atoms with E-state index in [9.17, 15) is 0 Å². The third kappa shape index (κ3) is 3.55. The van der Waals surface area contributed by atoms with Crippen LogP contribution in [0.5, 0.6) is 0 Å². The van der Waals surface area contributed by atoms with Crippen LogP contribution >= 0.6 is 0 Å². The second-order valence-corrected chi connectivity index (χ2v) is 4.10. The number of rotatable bonds is 4. The number of nitrogens with two attached hydrogens (primary N) is 1. The van der Waals surface area contributed by atoms with Gasteiger partial charge in [-0.25, -0.2) is 5.84 Å².